The Morgan fingerprint density at radius 3 is 2.58 bits per heavy atom. The molecule has 1 rings (SSSR count). The molecule has 0 saturated heterocycles. The Balaban J connectivity index is 2.37. The fourth-order valence-corrected chi connectivity index (χ4v) is 1.20. The Morgan fingerprint density at radius 2 is 2.25 bits per heavy atom. The predicted octanol–water partition coefficient (Wildman–Crippen LogP) is -0.180. The number of carbonyl (C=O) groups is 1. The molecule has 2 atom stereocenters. The van der Waals surface area contributed by atoms with Crippen molar-refractivity contribution in [1.29, 1.82) is 0 Å². The quantitative estimate of drug-likeness (QED) is 0.539. The molecule has 1 aliphatic rings. The van der Waals surface area contributed by atoms with Crippen molar-refractivity contribution >= 4 is 5.97 Å². The first kappa shape index (κ1) is 9.48. The maximum Gasteiger partial charge on any atom is 0.320 e. The molecule has 0 aromatic carbocycles. The summed E-state index contributed by atoms with van der Waals surface area (Å²) in [6, 6.07) is -0.598. The summed E-state index contributed by atoms with van der Waals surface area (Å²) in [6.45, 7) is 1.76. The van der Waals surface area contributed by atoms with Gasteiger partial charge in [0.1, 0.15) is 6.04 Å². The van der Waals surface area contributed by atoms with Gasteiger partial charge in [0.25, 0.3) is 0 Å². The van der Waals surface area contributed by atoms with Crippen LogP contribution in [0.5, 0.6) is 0 Å². The summed E-state index contributed by atoms with van der Waals surface area (Å²) in [6.07, 6.45) is 1.98. The normalized spacial score (nSPS) is 21.8. The van der Waals surface area contributed by atoms with Crippen LogP contribution in [0.15, 0.2) is 0 Å². The number of aliphatic carboxylic acids is 1. The lowest BCUT2D eigenvalue weighted by Crippen LogP contribution is -2.44. The fourth-order valence-electron chi connectivity index (χ4n) is 1.20. The molecule has 0 aromatic heterocycles. The van der Waals surface area contributed by atoms with Gasteiger partial charge in [-0.2, -0.15) is 0 Å². The zero-order valence-corrected chi connectivity index (χ0v) is 7.16. The molecule has 3 N–H and O–H groups in total. The van der Waals surface area contributed by atoms with E-state index in [2.05, 4.69) is 5.32 Å². The van der Waals surface area contributed by atoms with Crippen LogP contribution in [0.1, 0.15) is 19.8 Å². The third kappa shape index (κ3) is 2.46. The van der Waals surface area contributed by atoms with Gasteiger partial charge in [-0.25, -0.2) is 0 Å². The minimum absolute atomic E-state index is 0.0174. The van der Waals surface area contributed by atoms with E-state index >= 15 is 0 Å². The van der Waals surface area contributed by atoms with Gasteiger partial charge in [-0.15, -0.1) is 0 Å². The molecule has 1 saturated carbocycles. The minimum Gasteiger partial charge on any atom is -0.480 e. The Hall–Kier alpha value is -0.610. The maximum atomic E-state index is 10.7. The lowest BCUT2D eigenvalue weighted by atomic mass is 10.1. The van der Waals surface area contributed by atoms with Gasteiger partial charge in [0.2, 0.25) is 0 Å². The molecular formula is C8H15NO3. The van der Waals surface area contributed by atoms with Gasteiger partial charge in [0.15, 0.2) is 0 Å². The van der Waals surface area contributed by atoms with Crippen molar-refractivity contribution in [1.82, 2.24) is 5.32 Å². The van der Waals surface area contributed by atoms with E-state index in [4.69, 9.17) is 10.2 Å². The lowest BCUT2D eigenvalue weighted by Gasteiger charge is -2.17. The van der Waals surface area contributed by atoms with Crippen molar-refractivity contribution in [3.63, 3.8) is 0 Å². The van der Waals surface area contributed by atoms with Crippen LogP contribution in [0, 0.1) is 5.92 Å². The number of hydrogen-bond acceptors (Lipinski definition) is 3. The summed E-state index contributed by atoms with van der Waals surface area (Å²) < 4.78 is 0. The molecule has 0 radical (unpaired) electrons. The van der Waals surface area contributed by atoms with E-state index in [1.807, 2.05) is 0 Å². The highest BCUT2D eigenvalue weighted by atomic mass is 16.4. The molecular weight excluding hydrogens is 158 g/mol. The maximum absolute atomic E-state index is 10.7. The summed E-state index contributed by atoms with van der Waals surface area (Å²) in [5.74, 6) is -0.533. The van der Waals surface area contributed by atoms with Crippen LogP contribution >= 0.6 is 0 Å². The summed E-state index contributed by atoms with van der Waals surface area (Å²) in [7, 11) is 0. The van der Waals surface area contributed by atoms with E-state index in [1.165, 1.54) is 0 Å². The molecule has 12 heavy (non-hydrogen) atoms. The Kier molecular flexibility index (Phi) is 3.05. The van der Waals surface area contributed by atoms with E-state index in [0.717, 1.165) is 12.8 Å². The number of nitrogens with one attached hydrogen (secondary N) is 1. The van der Waals surface area contributed by atoms with Gasteiger partial charge < -0.3 is 10.2 Å². The van der Waals surface area contributed by atoms with Crippen LogP contribution in [-0.4, -0.2) is 34.9 Å². The number of aliphatic hydroxyl groups excluding tert-OH is 1. The number of carboxylic acids is 1. The fraction of sp³-hybridized carbons (Fsp3) is 0.875. The highest BCUT2D eigenvalue weighted by Gasteiger charge is 2.36. The van der Waals surface area contributed by atoms with Crippen LogP contribution in [-0.2, 0) is 4.79 Å². The molecule has 0 aromatic rings. The van der Waals surface area contributed by atoms with Gasteiger partial charge in [0, 0.05) is 6.04 Å². The molecule has 4 nitrogen and oxygen atoms in total. The van der Waals surface area contributed by atoms with Gasteiger partial charge in [-0.05, 0) is 25.7 Å². The smallest absolute Gasteiger partial charge is 0.320 e. The summed E-state index contributed by atoms with van der Waals surface area (Å²) in [4.78, 5) is 10.7. The van der Waals surface area contributed by atoms with Gasteiger partial charge >= 0.3 is 5.97 Å². The topological polar surface area (TPSA) is 69.6 Å². The average Bonchev–Trinajstić information content (AvgIpc) is 2.81. The van der Waals surface area contributed by atoms with Crippen molar-refractivity contribution in [3.8, 4) is 0 Å². The molecule has 4 heteroatoms. The molecule has 70 valence electrons. The van der Waals surface area contributed by atoms with Crippen molar-refractivity contribution in [2.45, 2.75) is 31.8 Å². The summed E-state index contributed by atoms with van der Waals surface area (Å²) >= 11 is 0. The second-order valence-electron chi connectivity index (χ2n) is 3.40. The third-order valence-electron chi connectivity index (χ3n) is 2.10. The minimum atomic E-state index is -0.808. The first-order valence-electron chi connectivity index (χ1n) is 4.25. The van der Waals surface area contributed by atoms with Crippen molar-refractivity contribution < 1.29 is 15.0 Å². The van der Waals surface area contributed by atoms with Gasteiger partial charge in [-0.3, -0.25) is 10.1 Å². The molecule has 2 unspecified atom stereocenters. The lowest BCUT2D eigenvalue weighted by molar-refractivity contribution is -0.140. The van der Waals surface area contributed by atoms with Crippen LogP contribution in [0.3, 0.4) is 0 Å². The number of aliphatic hydroxyl groups is 1. The highest BCUT2D eigenvalue weighted by Crippen LogP contribution is 2.32. The zero-order valence-electron chi connectivity index (χ0n) is 7.16. The molecule has 1 fully saturated rings. The summed E-state index contributed by atoms with van der Waals surface area (Å²) in [5, 5.41) is 20.4. The second kappa shape index (κ2) is 3.87. The predicted molar refractivity (Wildman–Crippen MR) is 43.8 cm³/mol. The number of carboxylic acid groups (broad SMARTS) is 1. The van der Waals surface area contributed by atoms with Crippen LogP contribution in [0.4, 0.5) is 0 Å². The van der Waals surface area contributed by atoms with E-state index in [1.54, 1.807) is 6.92 Å². The van der Waals surface area contributed by atoms with E-state index < -0.39 is 12.0 Å². The Bertz CT molecular complexity index is 168. The third-order valence-corrected chi connectivity index (χ3v) is 2.10. The Morgan fingerprint density at radius 1 is 1.67 bits per heavy atom. The molecule has 0 spiro atoms. The van der Waals surface area contributed by atoms with Crippen molar-refractivity contribution in [3.05, 3.63) is 0 Å². The highest BCUT2D eigenvalue weighted by molar-refractivity contribution is 5.74. The Labute approximate surface area is 71.6 Å². The van der Waals surface area contributed by atoms with Gasteiger partial charge in [-0.1, -0.05) is 0 Å². The molecule has 1 aliphatic carbocycles. The van der Waals surface area contributed by atoms with Crippen LogP contribution < -0.4 is 5.32 Å². The van der Waals surface area contributed by atoms with Gasteiger partial charge in [0.05, 0.1) is 6.61 Å². The molecule has 0 aliphatic heterocycles. The van der Waals surface area contributed by atoms with Crippen LogP contribution in [0.2, 0.25) is 0 Å². The molecule has 0 heterocycles. The standard InChI is InChI=1S/C8H15NO3/c1-5(4-10)9-7(8(11)12)6-2-3-6/h5-7,9-10H,2-4H2,1H3,(H,11,12). The SMILES string of the molecule is CC(CO)NC(C(=O)O)C1CC1. The van der Waals surface area contributed by atoms with Crippen molar-refractivity contribution in [2.75, 3.05) is 6.61 Å². The average molecular weight is 173 g/mol. The zero-order chi connectivity index (χ0) is 9.14. The van der Waals surface area contributed by atoms with E-state index in [-0.39, 0.29) is 18.6 Å². The first-order chi connectivity index (χ1) is 5.65. The van der Waals surface area contributed by atoms with E-state index in [0.29, 0.717) is 0 Å². The molecule has 0 bridgehead atoms. The van der Waals surface area contributed by atoms with Crippen molar-refractivity contribution in [2.24, 2.45) is 5.92 Å². The number of rotatable bonds is 5. The summed E-state index contributed by atoms with van der Waals surface area (Å²) in [5.41, 5.74) is 0. The monoisotopic (exact) mass is 173 g/mol. The molecule has 0 amide bonds. The number of hydrogen-bond donors (Lipinski definition) is 3. The largest absolute Gasteiger partial charge is 0.480 e. The first-order valence-corrected chi connectivity index (χ1v) is 4.25. The van der Waals surface area contributed by atoms with Crippen LogP contribution in [0.25, 0.3) is 0 Å². The second-order valence-corrected chi connectivity index (χ2v) is 3.40. The van der Waals surface area contributed by atoms with E-state index in [9.17, 15) is 4.79 Å².